The Morgan fingerprint density at radius 2 is 2.24 bits per heavy atom. The number of urea groups is 1. The topological polar surface area (TPSA) is 61.8 Å². The molecule has 0 aliphatic carbocycles. The number of ether oxygens (including phenoxy) is 1. The highest BCUT2D eigenvalue weighted by Crippen LogP contribution is 2.21. The SMILES string of the molecule is CSc1cccc(NC(=O)N2CC(O)C(OC(C)C)C2)c1. The summed E-state index contributed by atoms with van der Waals surface area (Å²) in [6.45, 7) is 4.55. The number of hydrogen-bond donors (Lipinski definition) is 2. The summed E-state index contributed by atoms with van der Waals surface area (Å²) in [7, 11) is 0. The van der Waals surface area contributed by atoms with Crippen molar-refractivity contribution in [3.05, 3.63) is 24.3 Å². The molecule has 116 valence electrons. The fourth-order valence-corrected chi connectivity index (χ4v) is 2.77. The molecule has 21 heavy (non-hydrogen) atoms. The van der Waals surface area contributed by atoms with E-state index in [9.17, 15) is 9.90 Å². The van der Waals surface area contributed by atoms with Crippen LogP contribution >= 0.6 is 11.8 Å². The first kappa shape index (κ1) is 16.1. The maximum atomic E-state index is 12.2. The van der Waals surface area contributed by atoms with Gasteiger partial charge in [0.2, 0.25) is 0 Å². The average Bonchev–Trinajstić information content (AvgIpc) is 2.80. The van der Waals surface area contributed by atoms with Gasteiger partial charge in [0.15, 0.2) is 0 Å². The molecule has 0 aromatic heterocycles. The van der Waals surface area contributed by atoms with Gasteiger partial charge in [-0.05, 0) is 38.3 Å². The third-order valence-corrected chi connectivity index (χ3v) is 4.02. The van der Waals surface area contributed by atoms with E-state index in [-0.39, 0.29) is 18.2 Å². The minimum absolute atomic E-state index is 0.0333. The van der Waals surface area contributed by atoms with E-state index in [1.807, 2.05) is 44.4 Å². The summed E-state index contributed by atoms with van der Waals surface area (Å²) in [6, 6.07) is 7.47. The van der Waals surface area contributed by atoms with Crippen LogP contribution in [0.4, 0.5) is 10.5 Å². The molecule has 6 heteroatoms. The first-order chi connectivity index (χ1) is 9.99. The van der Waals surface area contributed by atoms with Crippen LogP contribution in [0.5, 0.6) is 0 Å². The Balaban J connectivity index is 1.94. The standard InChI is InChI=1S/C15H22N2O3S/c1-10(2)20-14-9-17(8-13(14)18)15(19)16-11-5-4-6-12(7-11)21-3/h4-7,10,13-14,18H,8-9H2,1-3H3,(H,16,19). The van der Waals surface area contributed by atoms with Crippen molar-refractivity contribution in [2.24, 2.45) is 0 Å². The van der Waals surface area contributed by atoms with Crippen molar-refractivity contribution >= 4 is 23.5 Å². The lowest BCUT2D eigenvalue weighted by Gasteiger charge is -2.18. The van der Waals surface area contributed by atoms with Crippen LogP contribution in [-0.2, 0) is 4.74 Å². The molecule has 2 unspecified atom stereocenters. The van der Waals surface area contributed by atoms with Gasteiger partial charge >= 0.3 is 6.03 Å². The molecule has 1 heterocycles. The number of hydrogen-bond acceptors (Lipinski definition) is 4. The van der Waals surface area contributed by atoms with Crippen molar-refractivity contribution in [2.75, 3.05) is 24.7 Å². The van der Waals surface area contributed by atoms with Gasteiger partial charge in [-0.25, -0.2) is 4.79 Å². The van der Waals surface area contributed by atoms with E-state index in [1.165, 1.54) is 0 Å². The number of aliphatic hydroxyl groups is 1. The number of amides is 2. The minimum Gasteiger partial charge on any atom is -0.388 e. The summed E-state index contributed by atoms with van der Waals surface area (Å²) in [5.74, 6) is 0. The second kappa shape index (κ2) is 7.15. The Bertz CT molecular complexity index is 496. The summed E-state index contributed by atoms with van der Waals surface area (Å²) in [4.78, 5) is 14.9. The van der Waals surface area contributed by atoms with Gasteiger partial charge in [-0.3, -0.25) is 0 Å². The van der Waals surface area contributed by atoms with E-state index < -0.39 is 6.10 Å². The number of anilines is 1. The first-order valence-electron chi connectivity index (χ1n) is 7.03. The molecule has 5 nitrogen and oxygen atoms in total. The molecule has 2 amide bonds. The molecule has 0 saturated carbocycles. The normalized spacial score (nSPS) is 21.9. The average molecular weight is 310 g/mol. The molecule has 1 aliphatic heterocycles. The third kappa shape index (κ3) is 4.36. The first-order valence-corrected chi connectivity index (χ1v) is 8.25. The molecule has 0 radical (unpaired) electrons. The molecule has 2 N–H and O–H groups in total. The highest BCUT2D eigenvalue weighted by Gasteiger charge is 2.35. The maximum absolute atomic E-state index is 12.2. The van der Waals surface area contributed by atoms with Crippen LogP contribution in [0.1, 0.15) is 13.8 Å². The second-order valence-corrected chi connectivity index (χ2v) is 6.24. The number of likely N-dealkylation sites (tertiary alicyclic amines) is 1. The Hall–Kier alpha value is -1.24. The number of carbonyl (C=O) groups excluding carboxylic acids is 1. The highest BCUT2D eigenvalue weighted by molar-refractivity contribution is 7.98. The van der Waals surface area contributed by atoms with E-state index in [1.54, 1.807) is 16.7 Å². The monoisotopic (exact) mass is 310 g/mol. The number of benzene rings is 1. The number of nitrogens with one attached hydrogen (secondary N) is 1. The smallest absolute Gasteiger partial charge is 0.322 e. The number of rotatable bonds is 4. The van der Waals surface area contributed by atoms with Crippen LogP contribution in [0.2, 0.25) is 0 Å². The van der Waals surface area contributed by atoms with Gasteiger partial charge in [-0.1, -0.05) is 6.07 Å². The van der Waals surface area contributed by atoms with E-state index in [2.05, 4.69) is 5.32 Å². The quantitative estimate of drug-likeness (QED) is 0.838. The van der Waals surface area contributed by atoms with Crippen LogP contribution in [0.3, 0.4) is 0 Å². The van der Waals surface area contributed by atoms with E-state index >= 15 is 0 Å². The predicted molar refractivity (Wildman–Crippen MR) is 84.8 cm³/mol. The van der Waals surface area contributed by atoms with Gasteiger partial charge in [0.25, 0.3) is 0 Å². The molecular weight excluding hydrogens is 288 g/mol. The van der Waals surface area contributed by atoms with E-state index in [4.69, 9.17) is 4.74 Å². The minimum atomic E-state index is -0.629. The molecule has 2 rings (SSSR count). The fraction of sp³-hybridized carbons (Fsp3) is 0.533. The Labute approximate surface area is 129 Å². The van der Waals surface area contributed by atoms with Gasteiger partial charge in [0.05, 0.1) is 25.3 Å². The lowest BCUT2D eigenvalue weighted by molar-refractivity contribution is -0.0393. The zero-order valence-corrected chi connectivity index (χ0v) is 13.4. The van der Waals surface area contributed by atoms with Crippen LogP contribution in [0.25, 0.3) is 0 Å². The molecule has 0 spiro atoms. The molecule has 1 fully saturated rings. The summed E-state index contributed by atoms with van der Waals surface area (Å²) in [6.07, 6.45) is 1.08. The van der Waals surface area contributed by atoms with Crippen molar-refractivity contribution in [3.63, 3.8) is 0 Å². The largest absolute Gasteiger partial charge is 0.388 e. The number of carbonyl (C=O) groups is 1. The lowest BCUT2D eigenvalue weighted by atomic mass is 10.2. The third-order valence-electron chi connectivity index (χ3n) is 3.29. The predicted octanol–water partition coefficient (Wildman–Crippen LogP) is 2.41. The summed E-state index contributed by atoms with van der Waals surface area (Å²) in [5.41, 5.74) is 0.759. The molecule has 1 aromatic rings. The molecule has 1 saturated heterocycles. The van der Waals surface area contributed by atoms with Crippen molar-refractivity contribution in [1.82, 2.24) is 4.90 Å². The van der Waals surface area contributed by atoms with Crippen molar-refractivity contribution in [1.29, 1.82) is 0 Å². The maximum Gasteiger partial charge on any atom is 0.322 e. The van der Waals surface area contributed by atoms with Crippen molar-refractivity contribution in [2.45, 2.75) is 37.1 Å². The molecular formula is C15H22N2O3S. The zero-order chi connectivity index (χ0) is 15.4. The Morgan fingerprint density at radius 1 is 1.48 bits per heavy atom. The van der Waals surface area contributed by atoms with Crippen LogP contribution < -0.4 is 5.32 Å². The lowest BCUT2D eigenvalue weighted by Crippen LogP contribution is -2.34. The van der Waals surface area contributed by atoms with Crippen molar-refractivity contribution in [3.8, 4) is 0 Å². The Kier molecular flexibility index (Phi) is 5.50. The van der Waals surface area contributed by atoms with E-state index in [0.717, 1.165) is 10.6 Å². The molecule has 0 bridgehead atoms. The number of aliphatic hydroxyl groups excluding tert-OH is 1. The number of β-amino-alcohol motifs (C(OH)–C–C–N with tert-alkyl or cyclic N) is 1. The number of thioether (sulfide) groups is 1. The van der Waals surface area contributed by atoms with Gasteiger partial charge in [0.1, 0.15) is 6.10 Å². The van der Waals surface area contributed by atoms with Gasteiger partial charge in [0, 0.05) is 10.6 Å². The zero-order valence-electron chi connectivity index (χ0n) is 12.6. The molecule has 2 atom stereocenters. The second-order valence-electron chi connectivity index (χ2n) is 5.36. The van der Waals surface area contributed by atoms with Crippen LogP contribution in [-0.4, -0.2) is 53.7 Å². The summed E-state index contributed by atoms with van der Waals surface area (Å²) >= 11 is 1.62. The summed E-state index contributed by atoms with van der Waals surface area (Å²) in [5, 5.41) is 12.8. The molecule has 1 aliphatic rings. The van der Waals surface area contributed by atoms with Gasteiger partial charge < -0.3 is 20.1 Å². The van der Waals surface area contributed by atoms with Gasteiger partial charge in [-0.15, -0.1) is 11.8 Å². The molecule has 1 aromatic carbocycles. The Morgan fingerprint density at radius 3 is 2.90 bits per heavy atom. The number of nitrogens with zero attached hydrogens (tertiary/aromatic N) is 1. The van der Waals surface area contributed by atoms with Crippen LogP contribution in [0.15, 0.2) is 29.2 Å². The van der Waals surface area contributed by atoms with Crippen molar-refractivity contribution < 1.29 is 14.6 Å². The van der Waals surface area contributed by atoms with Gasteiger partial charge in [-0.2, -0.15) is 0 Å². The van der Waals surface area contributed by atoms with Crippen LogP contribution in [0, 0.1) is 0 Å². The fourth-order valence-electron chi connectivity index (χ4n) is 2.31. The van der Waals surface area contributed by atoms with E-state index in [0.29, 0.717) is 13.1 Å². The summed E-state index contributed by atoms with van der Waals surface area (Å²) < 4.78 is 5.62. The highest BCUT2D eigenvalue weighted by atomic mass is 32.2.